The van der Waals surface area contributed by atoms with Crippen molar-refractivity contribution in [1.82, 2.24) is 25.0 Å². The van der Waals surface area contributed by atoms with Crippen molar-refractivity contribution in [2.24, 2.45) is 5.73 Å². The average molecular weight is 507 g/mol. The smallest absolute Gasteiger partial charge is 0.273 e. The second-order valence-electron chi connectivity index (χ2n) is 9.79. The second-order valence-corrected chi connectivity index (χ2v) is 9.79. The third-order valence-electron chi connectivity index (χ3n) is 6.64. The van der Waals surface area contributed by atoms with E-state index in [9.17, 15) is 9.59 Å². The van der Waals surface area contributed by atoms with Gasteiger partial charge in [-0.1, -0.05) is 0 Å². The van der Waals surface area contributed by atoms with E-state index in [0.29, 0.717) is 35.9 Å². The van der Waals surface area contributed by atoms with Crippen molar-refractivity contribution in [3.05, 3.63) is 65.7 Å². The Labute approximate surface area is 216 Å². The number of aliphatic hydroxyl groups excluding tert-OH is 1. The number of dihydropyridines is 1. The maximum atomic E-state index is 12.9. The highest BCUT2D eigenvalue weighted by Crippen LogP contribution is 2.28. The Morgan fingerprint density at radius 3 is 2.76 bits per heavy atom. The number of rotatable bonds is 8. The summed E-state index contributed by atoms with van der Waals surface area (Å²) in [5.41, 5.74) is 9.68. The summed E-state index contributed by atoms with van der Waals surface area (Å²) in [6.07, 6.45) is 10.7. The minimum absolute atomic E-state index is 0.00228. The number of likely N-dealkylation sites (tertiary alicyclic amines) is 1. The van der Waals surface area contributed by atoms with Gasteiger partial charge in [-0.2, -0.15) is 5.10 Å². The number of amides is 2. The normalized spacial score (nSPS) is 18.2. The molecule has 6 N–H and O–H groups in total. The van der Waals surface area contributed by atoms with E-state index in [0.717, 1.165) is 30.7 Å². The predicted molar refractivity (Wildman–Crippen MR) is 142 cm³/mol. The number of nitrogens with zero attached hydrogens (tertiary/aromatic N) is 4. The highest BCUT2D eigenvalue weighted by molar-refractivity contribution is 6.04. The fourth-order valence-electron chi connectivity index (χ4n) is 4.36. The van der Waals surface area contributed by atoms with Crippen molar-refractivity contribution in [2.45, 2.75) is 45.7 Å². The molecule has 0 atom stereocenters. The third kappa shape index (κ3) is 6.25. The molecule has 2 aromatic rings. The van der Waals surface area contributed by atoms with Crippen LogP contribution >= 0.6 is 0 Å². The van der Waals surface area contributed by atoms with Gasteiger partial charge in [-0.3, -0.25) is 24.2 Å². The van der Waals surface area contributed by atoms with Gasteiger partial charge in [-0.05, 0) is 64.4 Å². The fourth-order valence-corrected chi connectivity index (χ4v) is 4.36. The molecule has 1 saturated heterocycles. The van der Waals surface area contributed by atoms with Crippen LogP contribution in [0.25, 0.3) is 5.57 Å². The summed E-state index contributed by atoms with van der Waals surface area (Å²) in [5.74, 6) is -0.622. The van der Waals surface area contributed by atoms with Crippen LogP contribution in [-0.2, 0) is 16.1 Å². The number of aryl methyl sites for hydroxylation is 1. The van der Waals surface area contributed by atoms with Gasteiger partial charge in [0, 0.05) is 23.5 Å². The molecule has 2 amide bonds. The maximum absolute atomic E-state index is 12.9. The molecule has 196 valence electrons. The Balaban J connectivity index is 1.39. The van der Waals surface area contributed by atoms with E-state index in [1.165, 1.54) is 0 Å². The molecule has 0 spiro atoms. The molecule has 11 nitrogen and oxygen atoms in total. The zero-order chi connectivity index (χ0) is 26.6. The SMILES string of the molecule is Cc1ncc(NC(=O)CN2CCCC2(C)C)cc1NC(=O)/C(N)=C1\C=CC(c2ccn(CCO)n2)=CN1. The lowest BCUT2D eigenvalue weighted by molar-refractivity contribution is -0.118. The van der Waals surface area contributed by atoms with Gasteiger partial charge in [0.2, 0.25) is 5.91 Å². The van der Waals surface area contributed by atoms with Gasteiger partial charge >= 0.3 is 0 Å². The van der Waals surface area contributed by atoms with E-state index in [-0.39, 0.29) is 23.8 Å². The monoisotopic (exact) mass is 506 g/mol. The van der Waals surface area contributed by atoms with Crippen LogP contribution in [-0.4, -0.2) is 61.8 Å². The van der Waals surface area contributed by atoms with Gasteiger partial charge in [-0.25, -0.2) is 0 Å². The molecule has 2 aliphatic rings. The molecule has 0 saturated carbocycles. The van der Waals surface area contributed by atoms with Crippen molar-refractivity contribution in [2.75, 3.05) is 30.3 Å². The minimum atomic E-state index is -0.497. The number of hydrogen-bond donors (Lipinski definition) is 5. The third-order valence-corrected chi connectivity index (χ3v) is 6.64. The van der Waals surface area contributed by atoms with Gasteiger partial charge in [0.05, 0.1) is 54.4 Å². The van der Waals surface area contributed by atoms with Crippen LogP contribution in [0, 0.1) is 6.92 Å². The van der Waals surface area contributed by atoms with E-state index in [2.05, 4.69) is 44.8 Å². The van der Waals surface area contributed by atoms with Gasteiger partial charge in [0.25, 0.3) is 5.91 Å². The lowest BCUT2D eigenvalue weighted by atomic mass is 10.0. The Hall–Kier alpha value is -3.96. The number of aromatic nitrogens is 3. The highest BCUT2D eigenvalue weighted by atomic mass is 16.3. The first-order valence-electron chi connectivity index (χ1n) is 12.3. The summed E-state index contributed by atoms with van der Waals surface area (Å²) in [6, 6.07) is 3.52. The van der Waals surface area contributed by atoms with E-state index in [1.54, 1.807) is 42.3 Å². The number of anilines is 2. The number of aliphatic hydroxyl groups is 1. The van der Waals surface area contributed by atoms with Crippen LogP contribution in [0.4, 0.5) is 11.4 Å². The Kier molecular flexibility index (Phi) is 7.74. The van der Waals surface area contributed by atoms with E-state index >= 15 is 0 Å². The first-order chi connectivity index (χ1) is 17.7. The zero-order valence-electron chi connectivity index (χ0n) is 21.4. The first kappa shape index (κ1) is 26.1. The van der Waals surface area contributed by atoms with E-state index in [1.807, 2.05) is 12.1 Å². The number of nitrogens with two attached hydrogens (primary N) is 1. The van der Waals surface area contributed by atoms with Crippen LogP contribution in [0.5, 0.6) is 0 Å². The van der Waals surface area contributed by atoms with Crippen molar-refractivity contribution < 1.29 is 14.7 Å². The van der Waals surface area contributed by atoms with Crippen molar-refractivity contribution in [1.29, 1.82) is 0 Å². The average Bonchev–Trinajstić information content (AvgIpc) is 3.47. The number of carbonyl (C=O) groups is 2. The minimum Gasteiger partial charge on any atom is -0.394 e. The van der Waals surface area contributed by atoms with E-state index in [4.69, 9.17) is 10.8 Å². The summed E-state index contributed by atoms with van der Waals surface area (Å²) >= 11 is 0. The van der Waals surface area contributed by atoms with Crippen molar-refractivity contribution in [3.63, 3.8) is 0 Å². The number of hydrogen-bond acceptors (Lipinski definition) is 8. The fraction of sp³-hybridized carbons (Fsp3) is 0.385. The summed E-state index contributed by atoms with van der Waals surface area (Å²) in [4.78, 5) is 32.0. The van der Waals surface area contributed by atoms with Gasteiger partial charge in [-0.15, -0.1) is 0 Å². The molecule has 11 heteroatoms. The predicted octanol–water partition coefficient (Wildman–Crippen LogP) is 1.70. The summed E-state index contributed by atoms with van der Waals surface area (Å²) in [5, 5.41) is 22.1. The molecule has 37 heavy (non-hydrogen) atoms. The molecule has 4 rings (SSSR count). The van der Waals surface area contributed by atoms with Gasteiger partial charge < -0.3 is 26.8 Å². The molecule has 0 unspecified atom stereocenters. The van der Waals surface area contributed by atoms with Crippen molar-refractivity contribution in [3.8, 4) is 0 Å². The Morgan fingerprint density at radius 2 is 2.08 bits per heavy atom. The molecule has 0 radical (unpaired) electrons. The number of carbonyl (C=O) groups excluding carboxylic acids is 2. The van der Waals surface area contributed by atoms with Crippen LogP contribution in [0.3, 0.4) is 0 Å². The van der Waals surface area contributed by atoms with E-state index < -0.39 is 5.91 Å². The molecule has 0 aromatic carbocycles. The molecule has 4 heterocycles. The summed E-state index contributed by atoms with van der Waals surface area (Å²) < 4.78 is 1.65. The van der Waals surface area contributed by atoms with Crippen LogP contribution in [0.15, 0.2) is 54.3 Å². The molecule has 0 aliphatic carbocycles. The molecular formula is C26H34N8O3. The Bertz CT molecular complexity index is 1270. The lowest BCUT2D eigenvalue weighted by Gasteiger charge is -2.30. The summed E-state index contributed by atoms with van der Waals surface area (Å²) in [6.45, 7) is 7.68. The number of pyridine rings is 1. The van der Waals surface area contributed by atoms with Crippen LogP contribution < -0.4 is 21.7 Å². The number of nitrogens with one attached hydrogen (secondary N) is 3. The van der Waals surface area contributed by atoms with Crippen LogP contribution in [0.1, 0.15) is 38.1 Å². The molecule has 2 aromatic heterocycles. The maximum Gasteiger partial charge on any atom is 0.273 e. The van der Waals surface area contributed by atoms with Gasteiger partial charge in [0.15, 0.2) is 0 Å². The van der Waals surface area contributed by atoms with Gasteiger partial charge in [0.1, 0.15) is 5.70 Å². The molecule has 0 bridgehead atoms. The van der Waals surface area contributed by atoms with Crippen molar-refractivity contribution >= 4 is 28.8 Å². The quantitative estimate of drug-likeness (QED) is 0.340. The zero-order valence-corrected chi connectivity index (χ0v) is 21.4. The second kappa shape index (κ2) is 11.0. The molecule has 2 aliphatic heterocycles. The van der Waals surface area contributed by atoms with Crippen LogP contribution in [0.2, 0.25) is 0 Å². The standard InChI is InChI=1S/C26H34N8O3/c1-17-22(13-19(15-28-17)30-23(36)16-33-9-4-8-26(33,2)3)31-25(37)24(27)21-6-5-18(14-29-21)20-7-10-34(32-20)11-12-35/h5-7,10,13-15,29,35H,4,8-9,11-12,16,27H2,1-3H3,(H,30,36)(H,31,37)/b24-21-. The number of allylic oxidation sites excluding steroid dienone is 3. The largest absolute Gasteiger partial charge is 0.394 e. The molecule has 1 fully saturated rings. The molecular weight excluding hydrogens is 472 g/mol. The Morgan fingerprint density at radius 1 is 1.27 bits per heavy atom. The lowest BCUT2D eigenvalue weighted by Crippen LogP contribution is -2.42. The topological polar surface area (TPSA) is 150 Å². The first-order valence-corrected chi connectivity index (χ1v) is 12.3. The highest BCUT2D eigenvalue weighted by Gasteiger charge is 2.32. The summed E-state index contributed by atoms with van der Waals surface area (Å²) in [7, 11) is 0.